The molecular weight excluding hydrogens is 423 g/mol. The predicted molar refractivity (Wildman–Crippen MR) is 133 cm³/mol. The largest absolute Gasteiger partial charge is 0.387 e. The topological polar surface area (TPSA) is 24.1 Å². The molecule has 1 aliphatic carbocycles. The molecule has 31 heavy (non-hydrogen) atoms. The van der Waals surface area contributed by atoms with Gasteiger partial charge in [-0.3, -0.25) is 0 Å². The van der Waals surface area contributed by atoms with Crippen LogP contribution in [0.5, 0.6) is 0 Å². The zero-order valence-electron chi connectivity index (χ0n) is 17.3. The molecule has 0 heterocycles. The molecule has 0 fully saturated rings. The molecule has 0 aliphatic heterocycles. The van der Waals surface area contributed by atoms with E-state index in [1.54, 1.807) is 0 Å². The number of nitrogens with one attached hydrogen (secondary N) is 2. The molecule has 0 atom stereocenters. The van der Waals surface area contributed by atoms with E-state index in [0.717, 1.165) is 22.5 Å². The van der Waals surface area contributed by atoms with Gasteiger partial charge in [-0.1, -0.05) is 83.9 Å². The molecule has 5 rings (SSSR count). The first kappa shape index (κ1) is 20.0. The summed E-state index contributed by atoms with van der Waals surface area (Å²) in [5, 5.41) is 7.72. The van der Waals surface area contributed by atoms with Gasteiger partial charge in [0.1, 0.15) is 0 Å². The number of benzene rings is 4. The fraction of sp³-hybridized carbons (Fsp3) is 0.111. The Kier molecular flexibility index (Phi) is 4.92. The van der Waals surface area contributed by atoms with Crippen molar-refractivity contribution in [1.82, 2.24) is 0 Å². The highest BCUT2D eigenvalue weighted by atomic mass is 35.5. The average molecular weight is 445 g/mol. The van der Waals surface area contributed by atoms with Gasteiger partial charge >= 0.3 is 0 Å². The maximum absolute atomic E-state index is 6.69. The summed E-state index contributed by atoms with van der Waals surface area (Å²) in [7, 11) is 3.76. The van der Waals surface area contributed by atoms with E-state index in [9.17, 15) is 0 Å². The quantitative estimate of drug-likeness (QED) is 0.300. The Morgan fingerprint density at radius 2 is 1.00 bits per heavy atom. The number of anilines is 2. The summed E-state index contributed by atoms with van der Waals surface area (Å²) in [4.78, 5) is 0. The summed E-state index contributed by atoms with van der Waals surface area (Å²) in [6.45, 7) is 0. The zero-order chi connectivity index (χ0) is 21.6. The Morgan fingerprint density at radius 3 is 1.39 bits per heavy atom. The van der Waals surface area contributed by atoms with Gasteiger partial charge < -0.3 is 10.6 Å². The molecule has 0 saturated heterocycles. The second kappa shape index (κ2) is 7.64. The van der Waals surface area contributed by atoms with Crippen molar-refractivity contribution in [3.05, 3.63) is 117 Å². The highest BCUT2D eigenvalue weighted by Crippen LogP contribution is 2.56. The smallest absolute Gasteiger partial charge is 0.0714 e. The Bertz CT molecular complexity index is 1200. The number of rotatable bonds is 4. The molecule has 0 aromatic heterocycles. The van der Waals surface area contributed by atoms with Crippen LogP contribution in [0.1, 0.15) is 22.3 Å². The van der Waals surface area contributed by atoms with E-state index in [1.807, 2.05) is 26.2 Å². The first-order valence-electron chi connectivity index (χ1n) is 10.3. The van der Waals surface area contributed by atoms with E-state index < -0.39 is 5.41 Å². The van der Waals surface area contributed by atoms with Gasteiger partial charge in [-0.2, -0.15) is 0 Å². The van der Waals surface area contributed by atoms with Crippen LogP contribution in [0.3, 0.4) is 0 Å². The molecule has 0 unspecified atom stereocenters. The lowest BCUT2D eigenvalue weighted by atomic mass is 9.67. The highest BCUT2D eigenvalue weighted by molar-refractivity contribution is 6.33. The average Bonchev–Trinajstić information content (AvgIpc) is 3.10. The van der Waals surface area contributed by atoms with Crippen LogP contribution in [0.2, 0.25) is 10.0 Å². The van der Waals surface area contributed by atoms with Gasteiger partial charge in [-0.25, -0.2) is 0 Å². The van der Waals surface area contributed by atoms with Gasteiger partial charge in [0.05, 0.1) is 26.8 Å². The van der Waals surface area contributed by atoms with Crippen LogP contribution in [-0.4, -0.2) is 14.1 Å². The number of hydrogen-bond donors (Lipinski definition) is 2. The fourth-order valence-electron chi connectivity index (χ4n) is 4.93. The molecule has 0 saturated carbocycles. The van der Waals surface area contributed by atoms with Crippen molar-refractivity contribution in [3.63, 3.8) is 0 Å². The van der Waals surface area contributed by atoms with Gasteiger partial charge in [0.15, 0.2) is 0 Å². The normalized spacial score (nSPS) is 13.4. The van der Waals surface area contributed by atoms with E-state index in [0.29, 0.717) is 10.0 Å². The zero-order valence-corrected chi connectivity index (χ0v) is 18.9. The van der Waals surface area contributed by atoms with Crippen molar-refractivity contribution in [3.8, 4) is 11.1 Å². The first-order chi connectivity index (χ1) is 15.1. The van der Waals surface area contributed by atoms with E-state index >= 15 is 0 Å². The molecular formula is C27H22Cl2N2. The Balaban J connectivity index is 1.92. The van der Waals surface area contributed by atoms with Crippen LogP contribution in [0.4, 0.5) is 11.4 Å². The minimum Gasteiger partial charge on any atom is -0.387 e. The number of halogens is 2. The van der Waals surface area contributed by atoms with Gasteiger partial charge in [0, 0.05) is 14.1 Å². The van der Waals surface area contributed by atoms with Crippen LogP contribution in [0.25, 0.3) is 11.1 Å². The number of fused-ring (bicyclic) bond motifs is 3. The Labute approximate surface area is 192 Å². The SMILES string of the molecule is CNc1ccc(C2(c3ccc(NC)c(Cl)c3)c3ccccc3-c3ccccc32)cc1Cl. The highest BCUT2D eigenvalue weighted by Gasteiger charge is 2.46. The maximum atomic E-state index is 6.69. The summed E-state index contributed by atoms with van der Waals surface area (Å²) >= 11 is 13.4. The fourth-order valence-corrected chi connectivity index (χ4v) is 5.48. The van der Waals surface area contributed by atoms with Crippen LogP contribution < -0.4 is 10.6 Å². The summed E-state index contributed by atoms with van der Waals surface area (Å²) in [6.07, 6.45) is 0. The van der Waals surface area contributed by atoms with E-state index in [2.05, 4.69) is 83.4 Å². The maximum Gasteiger partial charge on any atom is 0.0714 e. The summed E-state index contributed by atoms with van der Waals surface area (Å²) in [5.74, 6) is 0. The molecule has 4 heteroatoms. The molecule has 4 aromatic carbocycles. The predicted octanol–water partition coefficient (Wildman–Crippen LogP) is 7.44. The third-order valence-corrected chi connectivity index (χ3v) is 6.92. The standard InChI is InChI=1S/C27H22Cl2N2/c1-30-25-13-11-17(15-23(25)28)27(18-12-14-26(31-2)24(29)16-18)21-9-5-3-7-19(21)20-8-4-6-10-22(20)27/h3-16,30-31H,1-2H3. The van der Waals surface area contributed by atoms with E-state index in [1.165, 1.54) is 22.3 Å². The molecule has 4 aromatic rings. The molecule has 1 aliphatic rings. The van der Waals surface area contributed by atoms with Gasteiger partial charge in [-0.15, -0.1) is 0 Å². The lowest BCUT2D eigenvalue weighted by molar-refractivity contribution is 0.769. The Morgan fingerprint density at radius 1 is 0.581 bits per heavy atom. The molecule has 0 radical (unpaired) electrons. The number of hydrogen-bond acceptors (Lipinski definition) is 2. The van der Waals surface area contributed by atoms with E-state index in [-0.39, 0.29) is 0 Å². The third kappa shape index (κ3) is 2.86. The Hall–Kier alpha value is -2.94. The van der Waals surface area contributed by atoms with Crippen molar-refractivity contribution in [1.29, 1.82) is 0 Å². The van der Waals surface area contributed by atoms with E-state index in [4.69, 9.17) is 23.2 Å². The molecule has 2 N–H and O–H groups in total. The van der Waals surface area contributed by atoms with Crippen molar-refractivity contribution < 1.29 is 0 Å². The molecule has 0 bridgehead atoms. The van der Waals surface area contributed by atoms with Gasteiger partial charge in [-0.05, 0) is 57.6 Å². The van der Waals surface area contributed by atoms with Crippen molar-refractivity contribution >= 4 is 34.6 Å². The van der Waals surface area contributed by atoms with Gasteiger partial charge in [0.2, 0.25) is 0 Å². The van der Waals surface area contributed by atoms with Gasteiger partial charge in [0.25, 0.3) is 0 Å². The second-order valence-electron chi connectivity index (χ2n) is 7.73. The van der Waals surface area contributed by atoms with Crippen LogP contribution in [0, 0.1) is 0 Å². The minimum atomic E-state index is -0.515. The molecule has 154 valence electrons. The third-order valence-electron chi connectivity index (χ3n) is 6.30. The monoisotopic (exact) mass is 444 g/mol. The lowest BCUT2D eigenvalue weighted by Crippen LogP contribution is -2.28. The summed E-state index contributed by atoms with van der Waals surface area (Å²) < 4.78 is 0. The molecule has 0 amide bonds. The minimum absolute atomic E-state index is 0.515. The van der Waals surface area contributed by atoms with Crippen molar-refractivity contribution in [2.24, 2.45) is 0 Å². The molecule has 0 spiro atoms. The lowest BCUT2D eigenvalue weighted by Gasteiger charge is -2.34. The van der Waals surface area contributed by atoms with Crippen LogP contribution >= 0.6 is 23.2 Å². The van der Waals surface area contributed by atoms with Crippen LogP contribution in [0.15, 0.2) is 84.9 Å². The second-order valence-corrected chi connectivity index (χ2v) is 8.54. The van der Waals surface area contributed by atoms with Crippen LogP contribution in [-0.2, 0) is 5.41 Å². The summed E-state index contributed by atoms with van der Waals surface area (Å²) in [6, 6.07) is 29.8. The molecule has 2 nitrogen and oxygen atoms in total. The van der Waals surface area contributed by atoms with Crippen molar-refractivity contribution in [2.45, 2.75) is 5.41 Å². The van der Waals surface area contributed by atoms with Crippen molar-refractivity contribution in [2.75, 3.05) is 24.7 Å². The summed E-state index contributed by atoms with van der Waals surface area (Å²) in [5.41, 5.74) is 8.47. The first-order valence-corrected chi connectivity index (χ1v) is 11.0.